The molecule has 1 aliphatic rings. The molecule has 2 N–H and O–H groups in total. The number of hydrogen-bond acceptors (Lipinski definition) is 3. The van der Waals surface area contributed by atoms with Crippen LogP contribution in [0.2, 0.25) is 10.0 Å². The van der Waals surface area contributed by atoms with Gasteiger partial charge < -0.3 is 20.4 Å². The fourth-order valence-corrected chi connectivity index (χ4v) is 4.20. The van der Waals surface area contributed by atoms with E-state index in [9.17, 15) is 14.4 Å². The predicted octanol–water partition coefficient (Wildman–Crippen LogP) is 4.18. The van der Waals surface area contributed by atoms with Crippen LogP contribution in [0.3, 0.4) is 0 Å². The zero-order valence-corrected chi connectivity index (χ0v) is 20.8. The largest absolute Gasteiger partial charge is 0.340 e. The summed E-state index contributed by atoms with van der Waals surface area (Å²) < 4.78 is 0. The predicted molar refractivity (Wildman–Crippen MR) is 128 cm³/mol. The first-order chi connectivity index (χ1) is 15.2. The molecular weight excluding hydrogens is 451 g/mol. The van der Waals surface area contributed by atoms with Crippen LogP contribution in [0.4, 0.5) is 4.79 Å². The van der Waals surface area contributed by atoms with Crippen LogP contribution in [0.5, 0.6) is 0 Å². The van der Waals surface area contributed by atoms with Gasteiger partial charge in [-0.2, -0.15) is 0 Å². The number of halogens is 2. The monoisotopic (exact) mass is 484 g/mol. The van der Waals surface area contributed by atoms with Crippen LogP contribution in [-0.2, 0) is 4.79 Å². The minimum absolute atomic E-state index is 0.0665. The maximum atomic E-state index is 13.4. The fourth-order valence-electron chi connectivity index (χ4n) is 3.71. The number of urea groups is 1. The molecule has 0 aliphatic carbocycles. The Hall–Kier alpha value is -1.99. The highest BCUT2D eigenvalue weighted by molar-refractivity contribution is 6.36. The Balaban J connectivity index is 2.06. The van der Waals surface area contributed by atoms with Gasteiger partial charge in [0.15, 0.2) is 0 Å². The van der Waals surface area contributed by atoms with E-state index in [-0.39, 0.29) is 34.5 Å². The zero-order valence-electron chi connectivity index (χ0n) is 19.3. The molecule has 7 nitrogen and oxygen atoms in total. The van der Waals surface area contributed by atoms with Crippen LogP contribution >= 0.6 is 23.2 Å². The van der Waals surface area contributed by atoms with E-state index < -0.39 is 11.9 Å². The average molecular weight is 485 g/mol. The molecule has 9 heteroatoms. The van der Waals surface area contributed by atoms with Gasteiger partial charge in [-0.05, 0) is 37.5 Å². The molecule has 0 aromatic heterocycles. The van der Waals surface area contributed by atoms with E-state index in [0.717, 1.165) is 19.3 Å². The van der Waals surface area contributed by atoms with Crippen molar-refractivity contribution in [1.82, 2.24) is 20.4 Å². The Labute approximate surface area is 200 Å². The number of nitrogens with one attached hydrogen (secondary N) is 2. The molecule has 1 aliphatic heterocycles. The first-order valence-electron chi connectivity index (χ1n) is 11.3. The molecule has 3 atom stereocenters. The number of benzene rings is 1. The number of amides is 4. The van der Waals surface area contributed by atoms with E-state index in [1.165, 1.54) is 6.07 Å². The summed E-state index contributed by atoms with van der Waals surface area (Å²) in [6.45, 7) is 9.88. The number of rotatable bonds is 8. The molecule has 0 radical (unpaired) electrons. The maximum Gasteiger partial charge on any atom is 0.317 e. The smallest absolute Gasteiger partial charge is 0.317 e. The third kappa shape index (κ3) is 6.75. The molecule has 0 spiro atoms. The summed E-state index contributed by atoms with van der Waals surface area (Å²) in [6, 6.07) is 3.75. The Kier molecular flexibility index (Phi) is 10.1. The normalized spacial score (nSPS) is 18.1. The van der Waals surface area contributed by atoms with E-state index in [1.54, 1.807) is 21.9 Å². The number of hydrogen-bond donors (Lipinski definition) is 2. The SMILES string of the molecule is CCCCNC(=O)N1CCN(C(=O)C(NC(=O)c2ccc(Cl)cc2Cl)C(C)CC)CC1C. The van der Waals surface area contributed by atoms with Gasteiger partial charge in [0.05, 0.1) is 10.6 Å². The summed E-state index contributed by atoms with van der Waals surface area (Å²) in [5, 5.41) is 6.48. The lowest BCUT2D eigenvalue weighted by Crippen LogP contribution is -2.61. The van der Waals surface area contributed by atoms with Crippen LogP contribution in [0, 0.1) is 5.92 Å². The van der Waals surface area contributed by atoms with Crippen LogP contribution in [0.1, 0.15) is 57.3 Å². The second kappa shape index (κ2) is 12.3. The van der Waals surface area contributed by atoms with Crippen LogP contribution in [0.15, 0.2) is 18.2 Å². The van der Waals surface area contributed by atoms with Gasteiger partial charge in [0.25, 0.3) is 5.91 Å². The second-order valence-electron chi connectivity index (χ2n) is 8.37. The molecule has 2 rings (SSSR count). The van der Waals surface area contributed by atoms with Crippen molar-refractivity contribution in [3.05, 3.63) is 33.8 Å². The second-order valence-corrected chi connectivity index (χ2v) is 9.22. The lowest BCUT2D eigenvalue weighted by molar-refractivity contribution is -0.136. The summed E-state index contributed by atoms with van der Waals surface area (Å²) in [5.74, 6) is -0.619. The zero-order chi connectivity index (χ0) is 23.8. The minimum Gasteiger partial charge on any atom is -0.340 e. The average Bonchev–Trinajstić information content (AvgIpc) is 2.76. The van der Waals surface area contributed by atoms with E-state index in [1.807, 2.05) is 20.8 Å². The summed E-state index contributed by atoms with van der Waals surface area (Å²) in [5.41, 5.74) is 0.277. The van der Waals surface area contributed by atoms with Crippen molar-refractivity contribution in [2.24, 2.45) is 5.92 Å². The molecule has 1 aromatic carbocycles. The van der Waals surface area contributed by atoms with E-state index in [4.69, 9.17) is 23.2 Å². The molecule has 4 amide bonds. The lowest BCUT2D eigenvalue weighted by Gasteiger charge is -2.41. The standard InChI is InChI=1S/C23H34Cl2N4O3/c1-5-7-10-26-23(32)29-12-11-28(14-16(29)4)22(31)20(15(3)6-2)27-21(30)18-9-8-17(24)13-19(18)25/h8-9,13,15-16,20H,5-7,10-12,14H2,1-4H3,(H,26,32)(H,27,30). The molecule has 0 saturated carbocycles. The highest BCUT2D eigenvalue weighted by atomic mass is 35.5. The van der Waals surface area contributed by atoms with Gasteiger partial charge in [0.2, 0.25) is 5.91 Å². The van der Waals surface area contributed by atoms with Gasteiger partial charge in [0, 0.05) is 37.2 Å². The molecule has 1 aromatic rings. The highest BCUT2D eigenvalue weighted by Crippen LogP contribution is 2.22. The molecular formula is C23H34Cl2N4O3. The number of piperazine rings is 1. The number of unbranched alkanes of at least 4 members (excludes halogenated alkanes) is 1. The van der Waals surface area contributed by atoms with E-state index in [0.29, 0.717) is 31.2 Å². The van der Waals surface area contributed by atoms with Gasteiger partial charge in [-0.1, -0.05) is 56.8 Å². The number of carbonyl (C=O) groups is 3. The highest BCUT2D eigenvalue weighted by Gasteiger charge is 2.35. The molecule has 32 heavy (non-hydrogen) atoms. The molecule has 178 valence electrons. The first kappa shape index (κ1) is 26.3. The van der Waals surface area contributed by atoms with Crippen LogP contribution in [-0.4, -0.2) is 65.9 Å². The van der Waals surface area contributed by atoms with Crippen molar-refractivity contribution < 1.29 is 14.4 Å². The van der Waals surface area contributed by atoms with Gasteiger partial charge in [-0.3, -0.25) is 9.59 Å². The van der Waals surface area contributed by atoms with Crippen LogP contribution < -0.4 is 10.6 Å². The number of carbonyl (C=O) groups excluding carboxylic acids is 3. The molecule has 1 fully saturated rings. The summed E-state index contributed by atoms with van der Waals surface area (Å²) in [6.07, 6.45) is 2.68. The Bertz CT molecular complexity index is 820. The maximum absolute atomic E-state index is 13.4. The third-order valence-corrected chi connectivity index (χ3v) is 6.50. The molecule has 1 heterocycles. The van der Waals surface area contributed by atoms with Crippen LogP contribution in [0.25, 0.3) is 0 Å². The van der Waals surface area contributed by atoms with Gasteiger partial charge in [-0.15, -0.1) is 0 Å². The van der Waals surface area contributed by atoms with Crippen molar-refractivity contribution in [1.29, 1.82) is 0 Å². The van der Waals surface area contributed by atoms with Gasteiger partial charge in [-0.25, -0.2) is 4.79 Å². The summed E-state index contributed by atoms with van der Waals surface area (Å²) in [7, 11) is 0. The van der Waals surface area contributed by atoms with Crippen molar-refractivity contribution in [3.8, 4) is 0 Å². The minimum atomic E-state index is -0.684. The Morgan fingerprint density at radius 2 is 1.91 bits per heavy atom. The Morgan fingerprint density at radius 3 is 2.50 bits per heavy atom. The van der Waals surface area contributed by atoms with Crippen molar-refractivity contribution in [2.45, 2.75) is 59.0 Å². The first-order valence-corrected chi connectivity index (χ1v) is 12.0. The third-order valence-electron chi connectivity index (χ3n) is 5.95. The van der Waals surface area contributed by atoms with Crippen molar-refractivity contribution in [2.75, 3.05) is 26.2 Å². The molecule has 0 bridgehead atoms. The molecule has 1 saturated heterocycles. The van der Waals surface area contributed by atoms with E-state index >= 15 is 0 Å². The quantitative estimate of drug-likeness (QED) is 0.542. The Morgan fingerprint density at radius 1 is 1.19 bits per heavy atom. The summed E-state index contributed by atoms with van der Waals surface area (Å²) >= 11 is 12.1. The number of nitrogens with zero attached hydrogens (tertiary/aromatic N) is 2. The lowest BCUT2D eigenvalue weighted by atomic mass is 9.96. The fraction of sp³-hybridized carbons (Fsp3) is 0.609. The van der Waals surface area contributed by atoms with Gasteiger partial charge in [0.1, 0.15) is 6.04 Å². The van der Waals surface area contributed by atoms with Crippen molar-refractivity contribution in [3.63, 3.8) is 0 Å². The van der Waals surface area contributed by atoms with Gasteiger partial charge >= 0.3 is 6.03 Å². The topological polar surface area (TPSA) is 81.8 Å². The molecule has 3 unspecified atom stereocenters. The van der Waals surface area contributed by atoms with Crippen molar-refractivity contribution >= 4 is 41.0 Å². The van der Waals surface area contributed by atoms with E-state index in [2.05, 4.69) is 17.6 Å². The summed E-state index contributed by atoms with van der Waals surface area (Å²) in [4.78, 5) is 42.2.